The summed E-state index contributed by atoms with van der Waals surface area (Å²) in [4.78, 5) is 2.39. The maximum absolute atomic E-state index is 8.79. The number of benzene rings is 1. The third kappa shape index (κ3) is 4.92. The molecule has 1 rings (SSSR count). The van der Waals surface area contributed by atoms with E-state index in [1.165, 1.54) is 0 Å². The molecule has 0 spiro atoms. The van der Waals surface area contributed by atoms with Crippen LogP contribution < -0.4 is 4.74 Å². The second-order valence-electron chi connectivity index (χ2n) is 4.65. The molecule has 19 heavy (non-hydrogen) atoms. The van der Waals surface area contributed by atoms with E-state index >= 15 is 0 Å². The molecule has 0 aliphatic rings. The van der Waals surface area contributed by atoms with Crippen molar-refractivity contribution in [3.63, 3.8) is 0 Å². The zero-order chi connectivity index (χ0) is 14.1. The van der Waals surface area contributed by atoms with Crippen LogP contribution in [0.2, 0.25) is 0 Å². The molecule has 0 bridgehead atoms. The Bertz CT molecular complexity index is 388. The molecule has 1 unspecified atom stereocenters. The van der Waals surface area contributed by atoms with Gasteiger partial charge in [-0.2, -0.15) is 5.26 Å². The Labute approximate surface area is 116 Å². The van der Waals surface area contributed by atoms with E-state index in [1.807, 2.05) is 12.1 Å². The van der Waals surface area contributed by atoms with Gasteiger partial charge in [-0.1, -0.05) is 20.8 Å². The lowest BCUT2D eigenvalue weighted by Gasteiger charge is -2.30. The van der Waals surface area contributed by atoms with Crippen LogP contribution in [-0.4, -0.2) is 24.2 Å². The first kappa shape index (κ1) is 15.5. The lowest BCUT2D eigenvalue weighted by molar-refractivity contribution is 0.0221. The molecule has 0 N–H and O–H groups in total. The summed E-state index contributed by atoms with van der Waals surface area (Å²) in [6.45, 7) is 8.64. The maximum Gasteiger partial charge on any atom is 0.152 e. The highest BCUT2D eigenvalue weighted by molar-refractivity contribution is 5.34. The highest BCUT2D eigenvalue weighted by Crippen LogP contribution is 2.17. The summed E-state index contributed by atoms with van der Waals surface area (Å²) in [7, 11) is 0. The minimum absolute atomic E-state index is 0.118. The average Bonchev–Trinajstić information content (AvgIpc) is 2.45. The van der Waals surface area contributed by atoms with Crippen LogP contribution in [0.5, 0.6) is 5.75 Å². The summed E-state index contributed by atoms with van der Waals surface area (Å²) in [6, 6.07) is 9.46. The fourth-order valence-corrected chi connectivity index (χ4v) is 2.16. The molecule has 0 heterocycles. The van der Waals surface area contributed by atoms with Gasteiger partial charge in [0.1, 0.15) is 5.75 Å². The predicted octanol–water partition coefficient (Wildman–Crippen LogP) is 3.80. The van der Waals surface area contributed by atoms with Crippen molar-refractivity contribution in [2.45, 2.75) is 46.3 Å². The first-order valence-electron chi connectivity index (χ1n) is 7.16. The van der Waals surface area contributed by atoms with Crippen molar-refractivity contribution in [2.24, 2.45) is 0 Å². The van der Waals surface area contributed by atoms with Crippen molar-refractivity contribution in [3.05, 3.63) is 29.8 Å². The van der Waals surface area contributed by atoms with Gasteiger partial charge in [0.05, 0.1) is 11.6 Å². The smallest absolute Gasteiger partial charge is 0.152 e. The van der Waals surface area contributed by atoms with Gasteiger partial charge in [0.15, 0.2) is 6.23 Å². The summed E-state index contributed by atoms with van der Waals surface area (Å²) in [5.41, 5.74) is 0.666. The average molecular weight is 260 g/mol. The molecule has 0 aliphatic heterocycles. The van der Waals surface area contributed by atoms with Crippen LogP contribution in [0.15, 0.2) is 24.3 Å². The van der Waals surface area contributed by atoms with E-state index in [0.29, 0.717) is 5.56 Å². The van der Waals surface area contributed by atoms with Crippen molar-refractivity contribution >= 4 is 0 Å². The number of nitriles is 1. The summed E-state index contributed by atoms with van der Waals surface area (Å²) < 4.78 is 6.05. The van der Waals surface area contributed by atoms with Gasteiger partial charge in [-0.15, -0.1) is 0 Å². The molecule has 104 valence electrons. The SMILES string of the molecule is CCCN(CCC)C(CC)Oc1ccc(C#N)cc1. The summed E-state index contributed by atoms with van der Waals surface area (Å²) in [6.07, 6.45) is 3.34. The fourth-order valence-electron chi connectivity index (χ4n) is 2.16. The zero-order valence-electron chi connectivity index (χ0n) is 12.2. The van der Waals surface area contributed by atoms with Crippen LogP contribution in [0.25, 0.3) is 0 Å². The van der Waals surface area contributed by atoms with Crippen molar-refractivity contribution in [1.29, 1.82) is 5.26 Å². The number of ether oxygens (including phenoxy) is 1. The van der Waals surface area contributed by atoms with Crippen molar-refractivity contribution in [1.82, 2.24) is 4.90 Å². The van der Waals surface area contributed by atoms with E-state index < -0.39 is 0 Å². The normalized spacial score (nSPS) is 12.2. The van der Waals surface area contributed by atoms with E-state index in [1.54, 1.807) is 12.1 Å². The summed E-state index contributed by atoms with van der Waals surface area (Å²) in [5, 5.41) is 8.79. The molecular weight excluding hydrogens is 236 g/mol. The minimum Gasteiger partial charge on any atom is -0.475 e. The highest BCUT2D eigenvalue weighted by atomic mass is 16.5. The van der Waals surface area contributed by atoms with Gasteiger partial charge in [0.25, 0.3) is 0 Å². The largest absolute Gasteiger partial charge is 0.475 e. The van der Waals surface area contributed by atoms with Crippen molar-refractivity contribution in [3.8, 4) is 11.8 Å². The number of hydrogen-bond acceptors (Lipinski definition) is 3. The zero-order valence-corrected chi connectivity index (χ0v) is 12.2. The predicted molar refractivity (Wildman–Crippen MR) is 78.0 cm³/mol. The van der Waals surface area contributed by atoms with Crippen LogP contribution in [-0.2, 0) is 0 Å². The van der Waals surface area contributed by atoms with E-state index in [4.69, 9.17) is 10.00 Å². The fraction of sp³-hybridized carbons (Fsp3) is 0.562. The number of hydrogen-bond donors (Lipinski definition) is 0. The van der Waals surface area contributed by atoms with Crippen molar-refractivity contribution < 1.29 is 4.74 Å². The molecule has 0 amide bonds. The molecule has 0 fully saturated rings. The Morgan fingerprint density at radius 1 is 1.11 bits per heavy atom. The van der Waals surface area contributed by atoms with E-state index in [-0.39, 0.29) is 6.23 Å². The molecule has 3 nitrogen and oxygen atoms in total. The monoisotopic (exact) mass is 260 g/mol. The van der Waals surface area contributed by atoms with Crippen molar-refractivity contribution in [2.75, 3.05) is 13.1 Å². The van der Waals surface area contributed by atoms with Gasteiger partial charge < -0.3 is 4.74 Å². The van der Waals surface area contributed by atoms with Crippen LogP contribution in [0.4, 0.5) is 0 Å². The van der Waals surface area contributed by atoms with Crippen LogP contribution in [0, 0.1) is 11.3 Å². The van der Waals surface area contributed by atoms with Gasteiger partial charge >= 0.3 is 0 Å². The molecule has 1 atom stereocenters. The van der Waals surface area contributed by atoms with E-state index in [9.17, 15) is 0 Å². The lowest BCUT2D eigenvalue weighted by Crippen LogP contribution is -2.40. The molecular formula is C16H24N2O. The molecule has 0 radical (unpaired) electrons. The Morgan fingerprint density at radius 3 is 2.11 bits per heavy atom. The van der Waals surface area contributed by atoms with Gasteiger partial charge in [0, 0.05) is 13.1 Å². The quantitative estimate of drug-likeness (QED) is 0.667. The summed E-state index contributed by atoms with van der Waals surface area (Å²) in [5.74, 6) is 0.836. The Kier molecular flexibility index (Phi) is 6.99. The van der Waals surface area contributed by atoms with E-state index in [0.717, 1.165) is 38.1 Å². The number of rotatable bonds is 8. The third-order valence-corrected chi connectivity index (χ3v) is 3.03. The molecule has 0 saturated carbocycles. The second kappa shape index (κ2) is 8.55. The third-order valence-electron chi connectivity index (χ3n) is 3.03. The van der Waals surface area contributed by atoms with Crippen LogP contribution in [0.3, 0.4) is 0 Å². The molecule has 1 aromatic carbocycles. The van der Waals surface area contributed by atoms with Gasteiger partial charge in [-0.3, -0.25) is 4.90 Å². The molecule has 1 aromatic rings. The molecule has 0 saturated heterocycles. The first-order chi connectivity index (χ1) is 9.24. The highest BCUT2D eigenvalue weighted by Gasteiger charge is 2.16. The molecule has 0 aromatic heterocycles. The Morgan fingerprint density at radius 2 is 1.68 bits per heavy atom. The van der Waals surface area contributed by atoms with Gasteiger partial charge in [-0.05, 0) is 43.5 Å². The maximum atomic E-state index is 8.79. The Balaban J connectivity index is 2.70. The van der Waals surface area contributed by atoms with E-state index in [2.05, 4.69) is 31.7 Å². The molecule has 0 aliphatic carbocycles. The van der Waals surface area contributed by atoms with Crippen LogP contribution >= 0.6 is 0 Å². The standard InChI is InChI=1S/C16H24N2O/c1-4-11-18(12-5-2)16(6-3)19-15-9-7-14(13-17)8-10-15/h7-10,16H,4-6,11-12H2,1-3H3. The second-order valence-corrected chi connectivity index (χ2v) is 4.65. The lowest BCUT2D eigenvalue weighted by atomic mass is 10.2. The minimum atomic E-state index is 0.118. The van der Waals surface area contributed by atoms with Gasteiger partial charge in [0.2, 0.25) is 0 Å². The Hall–Kier alpha value is -1.53. The number of nitrogens with zero attached hydrogens (tertiary/aromatic N) is 2. The van der Waals surface area contributed by atoms with Gasteiger partial charge in [-0.25, -0.2) is 0 Å². The molecule has 3 heteroatoms. The first-order valence-corrected chi connectivity index (χ1v) is 7.16. The summed E-state index contributed by atoms with van der Waals surface area (Å²) >= 11 is 0. The van der Waals surface area contributed by atoms with Crippen LogP contribution in [0.1, 0.15) is 45.6 Å². The topological polar surface area (TPSA) is 36.3 Å².